The van der Waals surface area contributed by atoms with E-state index in [1.807, 2.05) is 13.2 Å². The molecule has 0 bridgehead atoms. The maximum absolute atomic E-state index is 11.5. The Hall–Kier alpha value is -0.750. The number of hydrogen-bond donors (Lipinski definition) is 3. The van der Waals surface area contributed by atoms with Crippen molar-refractivity contribution in [3.8, 4) is 0 Å². The summed E-state index contributed by atoms with van der Waals surface area (Å²) in [5.41, 5.74) is 5.69. The number of nitrogens with two attached hydrogens (primary N) is 1. The van der Waals surface area contributed by atoms with E-state index in [0.29, 0.717) is 19.4 Å². The Morgan fingerprint density at radius 1 is 1.41 bits per heavy atom. The van der Waals surface area contributed by atoms with Crippen molar-refractivity contribution in [3.63, 3.8) is 0 Å². The standard InChI is InChI=1S/C11H22N2O3S/c1-8(3-4-10(14)15)7-13-11(16)9(12)5-6-17-2/h8-9H,3-7,12H2,1-2H3,(H,13,16)(H,14,15)/t8?,9-/m1/s1. The summed E-state index contributed by atoms with van der Waals surface area (Å²) in [7, 11) is 0. The highest BCUT2D eigenvalue weighted by Crippen LogP contribution is 2.04. The summed E-state index contributed by atoms with van der Waals surface area (Å²) in [4.78, 5) is 21.9. The maximum Gasteiger partial charge on any atom is 0.303 e. The fraction of sp³-hybridized carbons (Fsp3) is 0.818. The lowest BCUT2D eigenvalue weighted by molar-refractivity contribution is -0.137. The smallest absolute Gasteiger partial charge is 0.303 e. The third-order valence-corrected chi connectivity index (χ3v) is 3.09. The molecule has 2 atom stereocenters. The Bertz CT molecular complexity index is 249. The van der Waals surface area contributed by atoms with Gasteiger partial charge in [0.05, 0.1) is 6.04 Å². The van der Waals surface area contributed by atoms with Crippen molar-refractivity contribution < 1.29 is 14.7 Å². The summed E-state index contributed by atoms with van der Waals surface area (Å²) in [6.07, 6.45) is 3.33. The molecule has 1 unspecified atom stereocenters. The van der Waals surface area contributed by atoms with Gasteiger partial charge < -0.3 is 16.2 Å². The summed E-state index contributed by atoms with van der Waals surface area (Å²) in [6.45, 7) is 2.40. The Balaban J connectivity index is 3.71. The fourth-order valence-electron chi connectivity index (χ4n) is 1.25. The van der Waals surface area contributed by atoms with Gasteiger partial charge in [0.2, 0.25) is 5.91 Å². The van der Waals surface area contributed by atoms with E-state index < -0.39 is 12.0 Å². The number of carbonyl (C=O) groups excluding carboxylic acids is 1. The Morgan fingerprint density at radius 3 is 2.59 bits per heavy atom. The van der Waals surface area contributed by atoms with Gasteiger partial charge in [-0.2, -0.15) is 11.8 Å². The average molecular weight is 262 g/mol. The molecule has 0 rings (SSSR count). The Labute approximate surface area is 107 Å². The topological polar surface area (TPSA) is 92.4 Å². The molecule has 0 saturated carbocycles. The summed E-state index contributed by atoms with van der Waals surface area (Å²) >= 11 is 1.66. The van der Waals surface area contributed by atoms with Gasteiger partial charge in [0.1, 0.15) is 0 Å². The fourth-order valence-corrected chi connectivity index (χ4v) is 1.74. The monoisotopic (exact) mass is 262 g/mol. The van der Waals surface area contributed by atoms with Crippen LogP contribution in [0.2, 0.25) is 0 Å². The van der Waals surface area contributed by atoms with Crippen molar-refractivity contribution in [3.05, 3.63) is 0 Å². The molecule has 0 aliphatic carbocycles. The van der Waals surface area contributed by atoms with Gasteiger partial charge in [0.25, 0.3) is 0 Å². The number of thioether (sulfide) groups is 1. The van der Waals surface area contributed by atoms with Gasteiger partial charge in [0, 0.05) is 13.0 Å². The number of aliphatic carboxylic acids is 1. The van der Waals surface area contributed by atoms with E-state index in [-0.39, 0.29) is 18.2 Å². The number of amides is 1. The molecule has 0 aromatic rings. The molecular weight excluding hydrogens is 240 g/mol. The zero-order valence-electron chi connectivity index (χ0n) is 10.4. The Morgan fingerprint density at radius 2 is 2.06 bits per heavy atom. The molecule has 1 amide bonds. The number of nitrogens with one attached hydrogen (secondary N) is 1. The molecule has 0 aliphatic heterocycles. The summed E-state index contributed by atoms with van der Waals surface area (Å²) in [5, 5.41) is 11.3. The van der Waals surface area contributed by atoms with E-state index in [1.165, 1.54) is 0 Å². The zero-order valence-corrected chi connectivity index (χ0v) is 11.3. The van der Waals surface area contributed by atoms with Crippen LogP contribution >= 0.6 is 11.8 Å². The molecule has 0 heterocycles. The molecule has 6 heteroatoms. The van der Waals surface area contributed by atoms with Crippen LogP contribution < -0.4 is 11.1 Å². The lowest BCUT2D eigenvalue weighted by Crippen LogP contribution is -2.42. The number of carbonyl (C=O) groups is 2. The van der Waals surface area contributed by atoms with Crippen molar-refractivity contribution in [1.82, 2.24) is 5.32 Å². The minimum absolute atomic E-state index is 0.134. The van der Waals surface area contributed by atoms with E-state index in [4.69, 9.17) is 10.8 Å². The Kier molecular flexibility index (Phi) is 8.89. The van der Waals surface area contributed by atoms with Gasteiger partial charge in [-0.1, -0.05) is 6.92 Å². The first-order valence-corrected chi connectivity index (χ1v) is 7.10. The van der Waals surface area contributed by atoms with E-state index in [0.717, 1.165) is 5.75 Å². The van der Waals surface area contributed by atoms with Gasteiger partial charge in [-0.15, -0.1) is 0 Å². The van der Waals surface area contributed by atoms with Gasteiger partial charge in [-0.05, 0) is 30.8 Å². The second-order valence-electron chi connectivity index (χ2n) is 4.17. The van der Waals surface area contributed by atoms with Crippen LogP contribution in [0, 0.1) is 5.92 Å². The van der Waals surface area contributed by atoms with Crippen molar-refractivity contribution in [2.45, 2.75) is 32.2 Å². The van der Waals surface area contributed by atoms with E-state index in [9.17, 15) is 9.59 Å². The number of carboxylic acids is 1. The first kappa shape index (κ1) is 16.2. The van der Waals surface area contributed by atoms with Crippen LogP contribution in [-0.2, 0) is 9.59 Å². The molecule has 0 aliphatic rings. The summed E-state index contributed by atoms with van der Waals surface area (Å²) in [5.74, 6) is 0.0623. The number of rotatable bonds is 9. The van der Waals surface area contributed by atoms with Gasteiger partial charge in [-0.25, -0.2) is 0 Å². The van der Waals surface area contributed by atoms with E-state index >= 15 is 0 Å². The minimum atomic E-state index is -0.806. The summed E-state index contributed by atoms with van der Waals surface area (Å²) < 4.78 is 0. The van der Waals surface area contributed by atoms with Gasteiger partial charge in [-0.3, -0.25) is 9.59 Å². The van der Waals surface area contributed by atoms with Crippen LogP contribution in [0.3, 0.4) is 0 Å². The van der Waals surface area contributed by atoms with Crippen molar-refractivity contribution in [2.75, 3.05) is 18.6 Å². The van der Waals surface area contributed by atoms with Crippen LogP contribution in [0.5, 0.6) is 0 Å². The van der Waals surface area contributed by atoms with Crippen LogP contribution in [0.4, 0.5) is 0 Å². The second-order valence-corrected chi connectivity index (χ2v) is 5.16. The van der Waals surface area contributed by atoms with Crippen LogP contribution in [0.1, 0.15) is 26.2 Å². The zero-order chi connectivity index (χ0) is 13.3. The summed E-state index contributed by atoms with van der Waals surface area (Å²) in [6, 6.07) is -0.464. The molecule has 4 N–H and O–H groups in total. The van der Waals surface area contributed by atoms with Crippen molar-refractivity contribution in [1.29, 1.82) is 0 Å². The molecule has 0 fully saturated rings. The molecular formula is C11H22N2O3S. The predicted octanol–water partition coefficient (Wildman–Crippen LogP) is 0.684. The largest absolute Gasteiger partial charge is 0.481 e. The van der Waals surface area contributed by atoms with Crippen molar-refractivity contribution >= 4 is 23.6 Å². The van der Waals surface area contributed by atoms with Crippen LogP contribution in [-0.4, -0.2) is 41.6 Å². The number of carboxylic acid groups (broad SMARTS) is 1. The average Bonchev–Trinajstić information content (AvgIpc) is 2.30. The van der Waals surface area contributed by atoms with Crippen LogP contribution in [0.25, 0.3) is 0 Å². The SMILES string of the molecule is CSCC[C@@H](N)C(=O)NCC(C)CCC(=O)O. The van der Waals surface area contributed by atoms with Gasteiger partial charge in [0.15, 0.2) is 0 Å². The third kappa shape index (κ3) is 9.00. The predicted molar refractivity (Wildman–Crippen MR) is 70.0 cm³/mol. The second kappa shape index (κ2) is 9.30. The van der Waals surface area contributed by atoms with Crippen molar-refractivity contribution in [2.24, 2.45) is 11.7 Å². The highest BCUT2D eigenvalue weighted by molar-refractivity contribution is 7.98. The molecule has 0 spiro atoms. The first-order valence-electron chi connectivity index (χ1n) is 5.71. The third-order valence-electron chi connectivity index (χ3n) is 2.45. The maximum atomic E-state index is 11.5. The van der Waals surface area contributed by atoms with E-state index in [2.05, 4.69) is 5.32 Å². The van der Waals surface area contributed by atoms with Crippen LogP contribution in [0.15, 0.2) is 0 Å². The molecule has 0 aromatic carbocycles. The molecule has 0 saturated heterocycles. The van der Waals surface area contributed by atoms with E-state index in [1.54, 1.807) is 11.8 Å². The lowest BCUT2D eigenvalue weighted by atomic mass is 10.1. The molecule has 5 nitrogen and oxygen atoms in total. The molecule has 100 valence electrons. The minimum Gasteiger partial charge on any atom is -0.481 e. The lowest BCUT2D eigenvalue weighted by Gasteiger charge is -2.15. The van der Waals surface area contributed by atoms with Gasteiger partial charge >= 0.3 is 5.97 Å². The number of hydrogen-bond acceptors (Lipinski definition) is 4. The molecule has 0 aromatic heterocycles. The highest BCUT2D eigenvalue weighted by atomic mass is 32.2. The molecule has 0 radical (unpaired) electrons. The quantitative estimate of drug-likeness (QED) is 0.568. The normalized spacial score (nSPS) is 14.1. The first-order chi connectivity index (χ1) is 7.97. The molecule has 17 heavy (non-hydrogen) atoms. The highest BCUT2D eigenvalue weighted by Gasteiger charge is 2.13.